The van der Waals surface area contributed by atoms with Crippen molar-refractivity contribution in [2.24, 2.45) is 17.2 Å². The predicted octanol–water partition coefficient (Wildman–Crippen LogP) is -4.74. The summed E-state index contributed by atoms with van der Waals surface area (Å²) in [4.78, 5) is 68.0. The van der Waals surface area contributed by atoms with E-state index in [1.165, 1.54) is 0 Å². The van der Waals surface area contributed by atoms with Gasteiger partial charge in [-0.25, -0.2) is 0 Å². The number of amides is 5. The fraction of sp³-hybridized carbons (Fsp3) is 0.538. The van der Waals surface area contributed by atoms with Crippen molar-refractivity contribution in [2.45, 2.75) is 31.3 Å². The van der Waals surface area contributed by atoms with Crippen LogP contribution in [0.3, 0.4) is 0 Å². The zero-order valence-electron chi connectivity index (χ0n) is 13.8. The normalized spacial score (nSPS) is 12.3. The second kappa shape index (κ2) is 11.4. The van der Waals surface area contributed by atoms with E-state index in [0.29, 0.717) is 0 Å². The fourth-order valence-corrected chi connectivity index (χ4v) is 1.78. The zero-order chi connectivity index (χ0) is 20.3. The number of carbonyl (C=O) groups excluding carboxylic acids is 5. The Morgan fingerprint density at radius 2 is 1.50 bits per heavy atom. The molecule has 5 amide bonds. The standard InChI is InChI=1S/C13H22N6O7/c14-4-10(22)18-6(1-2-8(15)20)13(26)19-7(3-9(16)21)12(25)17-5-11(23)24/h6-7H,1-5,14H2,(H2,15,20)(H2,16,21)(H,17,25)(H,18,22)(H,19,26)(H,23,24). The van der Waals surface area contributed by atoms with Crippen LogP contribution in [-0.2, 0) is 28.8 Å². The summed E-state index contributed by atoms with van der Waals surface area (Å²) in [5.41, 5.74) is 15.1. The first-order valence-corrected chi connectivity index (χ1v) is 7.42. The monoisotopic (exact) mass is 374 g/mol. The number of aliphatic carboxylic acids is 1. The maximum Gasteiger partial charge on any atom is 0.322 e. The molecule has 0 radical (unpaired) electrons. The average molecular weight is 374 g/mol. The minimum Gasteiger partial charge on any atom is -0.480 e. The molecule has 0 aromatic rings. The number of carboxylic acids is 1. The summed E-state index contributed by atoms with van der Waals surface area (Å²) in [6.45, 7) is -1.16. The summed E-state index contributed by atoms with van der Waals surface area (Å²) in [5, 5.41) is 15.0. The van der Waals surface area contributed by atoms with E-state index in [2.05, 4.69) is 10.6 Å². The Kier molecular flexibility index (Phi) is 9.95. The maximum atomic E-state index is 12.3. The van der Waals surface area contributed by atoms with Gasteiger partial charge in [-0.05, 0) is 6.42 Å². The van der Waals surface area contributed by atoms with Crippen LogP contribution in [0.5, 0.6) is 0 Å². The first-order valence-electron chi connectivity index (χ1n) is 7.42. The molecule has 0 heterocycles. The van der Waals surface area contributed by atoms with Crippen molar-refractivity contribution in [3.05, 3.63) is 0 Å². The molecule has 0 bridgehead atoms. The van der Waals surface area contributed by atoms with E-state index in [-0.39, 0.29) is 12.8 Å². The molecule has 0 aliphatic carbocycles. The van der Waals surface area contributed by atoms with Gasteiger partial charge in [-0.1, -0.05) is 0 Å². The van der Waals surface area contributed by atoms with Gasteiger partial charge in [0, 0.05) is 6.42 Å². The quantitative estimate of drug-likeness (QED) is 0.174. The molecule has 13 nitrogen and oxygen atoms in total. The predicted molar refractivity (Wildman–Crippen MR) is 85.8 cm³/mol. The molecular weight excluding hydrogens is 352 g/mol. The van der Waals surface area contributed by atoms with Crippen LogP contribution in [0.15, 0.2) is 0 Å². The van der Waals surface area contributed by atoms with Crippen molar-refractivity contribution in [1.82, 2.24) is 16.0 Å². The van der Waals surface area contributed by atoms with Crippen LogP contribution in [0.1, 0.15) is 19.3 Å². The SMILES string of the molecule is NCC(=O)NC(CCC(N)=O)C(=O)NC(CC(N)=O)C(=O)NCC(=O)O. The molecule has 0 aliphatic rings. The summed E-state index contributed by atoms with van der Waals surface area (Å²) in [5.74, 6) is -5.55. The summed E-state index contributed by atoms with van der Waals surface area (Å²) in [6, 6.07) is -2.72. The molecule has 0 saturated carbocycles. The first-order chi connectivity index (χ1) is 12.1. The third-order valence-corrected chi connectivity index (χ3v) is 2.97. The van der Waals surface area contributed by atoms with E-state index in [1.807, 2.05) is 5.32 Å². The van der Waals surface area contributed by atoms with Gasteiger partial charge in [-0.15, -0.1) is 0 Å². The Morgan fingerprint density at radius 1 is 0.885 bits per heavy atom. The lowest BCUT2D eigenvalue weighted by molar-refractivity contribution is -0.138. The van der Waals surface area contributed by atoms with Crippen LogP contribution in [0, 0.1) is 0 Å². The summed E-state index contributed by atoms with van der Waals surface area (Å²) >= 11 is 0. The Balaban J connectivity index is 5.12. The molecule has 0 aromatic carbocycles. The van der Waals surface area contributed by atoms with Crippen molar-refractivity contribution in [1.29, 1.82) is 0 Å². The van der Waals surface area contributed by atoms with E-state index in [4.69, 9.17) is 22.3 Å². The first kappa shape index (κ1) is 22.8. The number of hydrogen-bond acceptors (Lipinski definition) is 7. The van der Waals surface area contributed by atoms with Gasteiger partial charge < -0.3 is 38.3 Å². The van der Waals surface area contributed by atoms with Crippen molar-refractivity contribution in [3.8, 4) is 0 Å². The lowest BCUT2D eigenvalue weighted by atomic mass is 10.1. The number of carboxylic acid groups (broad SMARTS) is 1. The molecular formula is C13H22N6O7. The number of primary amides is 2. The van der Waals surface area contributed by atoms with E-state index in [1.54, 1.807) is 0 Å². The fourth-order valence-electron chi connectivity index (χ4n) is 1.78. The summed E-state index contributed by atoms with van der Waals surface area (Å²) in [6.07, 6.45) is -1.02. The molecule has 0 spiro atoms. The van der Waals surface area contributed by atoms with Crippen LogP contribution in [0.4, 0.5) is 0 Å². The second-order valence-corrected chi connectivity index (χ2v) is 5.17. The van der Waals surface area contributed by atoms with E-state index in [9.17, 15) is 28.8 Å². The van der Waals surface area contributed by atoms with Gasteiger partial charge in [0.2, 0.25) is 29.5 Å². The third-order valence-electron chi connectivity index (χ3n) is 2.97. The van der Waals surface area contributed by atoms with Gasteiger partial charge in [0.15, 0.2) is 0 Å². The Labute approximate surface area is 148 Å². The van der Waals surface area contributed by atoms with Gasteiger partial charge in [-0.2, -0.15) is 0 Å². The van der Waals surface area contributed by atoms with Gasteiger partial charge in [-0.3, -0.25) is 28.8 Å². The van der Waals surface area contributed by atoms with Crippen molar-refractivity contribution in [3.63, 3.8) is 0 Å². The van der Waals surface area contributed by atoms with Crippen LogP contribution in [-0.4, -0.2) is 65.8 Å². The number of nitrogens with two attached hydrogens (primary N) is 3. The van der Waals surface area contributed by atoms with Gasteiger partial charge >= 0.3 is 5.97 Å². The van der Waals surface area contributed by atoms with E-state index >= 15 is 0 Å². The lowest BCUT2D eigenvalue weighted by Gasteiger charge is -2.22. The number of hydrogen-bond donors (Lipinski definition) is 7. The molecule has 0 fully saturated rings. The highest BCUT2D eigenvalue weighted by Gasteiger charge is 2.28. The maximum absolute atomic E-state index is 12.3. The number of carbonyl (C=O) groups is 6. The molecule has 2 unspecified atom stereocenters. The molecule has 10 N–H and O–H groups in total. The minimum absolute atomic E-state index is 0.174. The molecule has 26 heavy (non-hydrogen) atoms. The zero-order valence-corrected chi connectivity index (χ0v) is 13.8. The summed E-state index contributed by atoms with van der Waals surface area (Å²) < 4.78 is 0. The molecule has 0 aromatic heterocycles. The molecule has 0 saturated heterocycles. The number of nitrogens with one attached hydrogen (secondary N) is 3. The second-order valence-electron chi connectivity index (χ2n) is 5.17. The van der Waals surface area contributed by atoms with E-state index in [0.717, 1.165) is 0 Å². The van der Waals surface area contributed by atoms with Crippen molar-refractivity contribution < 1.29 is 33.9 Å². The minimum atomic E-state index is -1.47. The smallest absolute Gasteiger partial charge is 0.322 e. The van der Waals surface area contributed by atoms with Gasteiger partial charge in [0.25, 0.3) is 0 Å². The molecule has 0 rings (SSSR count). The lowest BCUT2D eigenvalue weighted by Crippen LogP contribution is -2.55. The van der Waals surface area contributed by atoms with Crippen LogP contribution in [0.2, 0.25) is 0 Å². The van der Waals surface area contributed by atoms with Crippen molar-refractivity contribution in [2.75, 3.05) is 13.1 Å². The average Bonchev–Trinajstić information content (AvgIpc) is 2.54. The van der Waals surface area contributed by atoms with E-state index < -0.39 is 67.1 Å². The third kappa shape index (κ3) is 9.82. The Hall–Kier alpha value is -3.22. The molecule has 0 aliphatic heterocycles. The topological polar surface area (TPSA) is 237 Å². The van der Waals surface area contributed by atoms with Gasteiger partial charge in [0.1, 0.15) is 18.6 Å². The van der Waals surface area contributed by atoms with Crippen molar-refractivity contribution >= 4 is 35.5 Å². The van der Waals surface area contributed by atoms with Crippen LogP contribution >= 0.6 is 0 Å². The molecule has 2 atom stereocenters. The largest absolute Gasteiger partial charge is 0.480 e. The van der Waals surface area contributed by atoms with Gasteiger partial charge in [0.05, 0.1) is 13.0 Å². The highest BCUT2D eigenvalue weighted by Crippen LogP contribution is 2.01. The Bertz CT molecular complexity index is 579. The van der Waals surface area contributed by atoms with Crippen LogP contribution in [0.25, 0.3) is 0 Å². The highest BCUT2D eigenvalue weighted by atomic mass is 16.4. The molecule has 146 valence electrons. The Morgan fingerprint density at radius 3 is 1.96 bits per heavy atom. The number of rotatable bonds is 12. The molecule has 13 heteroatoms. The van der Waals surface area contributed by atoms with Crippen LogP contribution < -0.4 is 33.2 Å². The highest BCUT2D eigenvalue weighted by molar-refractivity contribution is 5.95. The summed E-state index contributed by atoms with van der Waals surface area (Å²) in [7, 11) is 0.